The van der Waals surface area contributed by atoms with Crippen molar-refractivity contribution in [1.82, 2.24) is 9.47 Å². The van der Waals surface area contributed by atoms with Crippen molar-refractivity contribution in [2.24, 2.45) is 5.73 Å². The van der Waals surface area contributed by atoms with Crippen LogP contribution in [0.1, 0.15) is 25.8 Å². The molecule has 3 aromatic rings. The second-order valence-electron chi connectivity index (χ2n) is 7.90. The van der Waals surface area contributed by atoms with Crippen LogP contribution < -0.4 is 15.8 Å². The van der Waals surface area contributed by atoms with Crippen LogP contribution in [0.15, 0.2) is 54.7 Å². The van der Waals surface area contributed by atoms with Gasteiger partial charge in [-0.15, -0.1) is 0 Å². The maximum absolute atomic E-state index is 5.71. The van der Waals surface area contributed by atoms with Crippen molar-refractivity contribution in [3.63, 3.8) is 0 Å². The van der Waals surface area contributed by atoms with Gasteiger partial charge < -0.3 is 20.4 Å². The Morgan fingerprint density at radius 1 is 1.20 bits per heavy atom. The molecule has 0 saturated heterocycles. The third kappa shape index (κ3) is 4.06. The van der Waals surface area contributed by atoms with Crippen LogP contribution in [-0.4, -0.2) is 40.8 Å². The smallest absolute Gasteiger partial charge is 0.168 e. The van der Waals surface area contributed by atoms with Crippen molar-refractivity contribution in [2.45, 2.75) is 26.3 Å². The highest BCUT2D eigenvalue weighted by Crippen LogP contribution is 2.35. The lowest BCUT2D eigenvalue weighted by Gasteiger charge is -2.29. The van der Waals surface area contributed by atoms with E-state index in [0.717, 1.165) is 42.2 Å². The number of hydrogen-bond acceptors (Lipinski definition) is 3. The molecule has 0 saturated carbocycles. The van der Waals surface area contributed by atoms with Gasteiger partial charge >= 0.3 is 0 Å². The molecule has 6 heteroatoms. The first kappa shape index (κ1) is 20.4. The molecule has 0 amide bonds. The zero-order valence-corrected chi connectivity index (χ0v) is 18.5. The predicted molar refractivity (Wildman–Crippen MR) is 130 cm³/mol. The van der Waals surface area contributed by atoms with E-state index in [4.69, 9.17) is 22.7 Å². The van der Waals surface area contributed by atoms with E-state index in [-0.39, 0.29) is 5.11 Å². The molecule has 2 heterocycles. The molecule has 5 nitrogen and oxygen atoms in total. The Morgan fingerprint density at radius 2 is 2.03 bits per heavy atom. The topological polar surface area (TPSA) is 55.5 Å². The van der Waals surface area contributed by atoms with E-state index in [1.54, 1.807) is 7.11 Å². The average Bonchev–Trinajstić information content (AvgIpc) is 3.12. The van der Waals surface area contributed by atoms with Gasteiger partial charge in [-0.1, -0.05) is 12.1 Å². The molecule has 3 N–H and O–H groups in total. The van der Waals surface area contributed by atoms with Crippen LogP contribution >= 0.6 is 12.2 Å². The number of nitrogens with two attached hydrogens (primary N) is 1. The number of thiocarbonyl (C=S) groups is 1. The largest absolute Gasteiger partial charge is 0.497 e. The van der Waals surface area contributed by atoms with Gasteiger partial charge in [0.05, 0.1) is 12.6 Å². The molecule has 30 heavy (non-hydrogen) atoms. The summed E-state index contributed by atoms with van der Waals surface area (Å²) in [6.45, 7) is 6.55. The highest BCUT2D eigenvalue weighted by molar-refractivity contribution is 7.80. The van der Waals surface area contributed by atoms with Crippen LogP contribution in [0.2, 0.25) is 0 Å². The standard InChI is InChI=1S/C24H28N4OS/c1-16(2)27-11-9-17(10-12-27)22-15-28(19-5-4-6-20(14-19)29-3)23-8-7-18(13-21(22)23)26-24(25)30/h4-9,13-16H,10-12H2,1-3H3,(H3,25,26,30). The van der Waals surface area contributed by atoms with Crippen LogP contribution in [0, 0.1) is 0 Å². The molecule has 0 atom stereocenters. The zero-order chi connectivity index (χ0) is 21.3. The molecule has 0 spiro atoms. The number of ether oxygens (including phenoxy) is 1. The van der Waals surface area contributed by atoms with Crippen LogP contribution in [0.4, 0.5) is 5.69 Å². The number of nitrogens with one attached hydrogen (secondary N) is 1. The van der Waals surface area contributed by atoms with Crippen molar-refractivity contribution in [2.75, 3.05) is 25.5 Å². The van der Waals surface area contributed by atoms with Gasteiger partial charge in [-0.3, -0.25) is 4.90 Å². The SMILES string of the molecule is COc1cccc(-n2cc(C3=CCN(C(C)C)CC3)c3cc(NC(N)=S)ccc32)c1. The molecule has 1 aliphatic rings. The Labute approximate surface area is 183 Å². The van der Waals surface area contributed by atoms with Gasteiger partial charge in [-0.05, 0) is 68.4 Å². The van der Waals surface area contributed by atoms with Gasteiger partial charge in [-0.25, -0.2) is 0 Å². The molecular formula is C24H28N4OS. The lowest BCUT2D eigenvalue weighted by Crippen LogP contribution is -2.34. The third-order valence-electron chi connectivity index (χ3n) is 5.72. The summed E-state index contributed by atoms with van der Waals surface area (Å²) < 4.78 is 7.67. The molecule has 1 aliphatic heterocycles. The molecule has 0 fully saturated rings. The fourth-order valence-corrected chi connectivity index (χ4v) is 4.20. The van der Waals surface area contributed by atoms with Crippen molar-refractivity contribution >= 4 is 39.5 Å². The molecule has 2 aromatic carbocycles. The fourth-order valence-electron chi connectivity index (χ4n) is 4.08. The normalized spacial score (nSPS) is 14.7. The van der Waals surface area contributed by atoms with E-state index < -0.39 is 0 Å². The van der Waals surface area contributed by atoms with Crippen molar-refractivity contribution in [1.29, 1.82) is 0 Å². The number of rotatable bonds is 5. The molecule has 1 aromatic heterocycles. The van der Waals surface area contributed by atoms with Gasteiger partial charge in [0.1, 0.15) is 5.75 Å². The van der Waals surface area contributed by atoms with Crippen LogP contribution in [0.3, 0.4) is 0 Å². The van der Waals surface area contributed by atoms with E-state index >= 15 is 0 Å². The summed E-state index contributed by atoms with van der Waals surface area (Å²) >= 11 is 5.04. The lowest BCUT2D eigenvalue weighted by molar-refractivity contribution is 0.245. The number of anilines is 1. The highest BCUT2D eigenvalue weighted by atomic mass is 32.1. The Kier molecular flexibility index (Phi) is 5.79. The predicted octanol–water partition coefficient (Wildman–Crippen LogP) is 4.79. The third-order valence-corrected chi connectivity index (χ3v) is 5.82. The lowest BCUT2D eigenvalue weighted by atomic mass is 9.98. The molecule has 0 aliphatic carbocycles. The average molecular weight is 421 g/mol. The summed E-state index contributed by atoms with van der Waals surface area (Å²) in [7, 11) is 1.69. The number of methoxy groups -OCH3 is 1. The zero-order valence-electron chi connectivity index (χ0n) is 17.7. The Morgan fingerprint density at radius 3 is 2.70 bits per heavy atom. The Balaban J connectivity index is 1.84. The van der Waals surface area contributed by atoms with Crippen molar-refractivity contribution < 1.29 is 4.74 Å². The second-order valence-corrected chi connectivity index (χ2v) is 8.34. The van der Waals surface area contributed by atoms with Crippen molar-refractivity contribution in [3.05, 3.63) is 60.3 Å². The van der Waals surface area contributed by atoms with Gasteiger partial charge in [0, 0.05) is 53.7 Å². The number of fused-ring (bicyclic) bond motifs is 1. The molecule has 0 bridgehead atoms. The van der Waals surface area contributed by atoms with E-state index in [2.05, 4.69) is 65.2 Å². The number of benzene rings is 2. The van der Waals surface area contributed by atoms with Gasteiger partial charge in [0.2, 0.25) is 0 Å². The molecule has 4 rings (SSSR count). The van der Waals surface area contributed by atoms with Gasteiger partial charge in [0.15, 0.2) is 5.11 Å². The van der Waals surface area contributed by atoms with E-state index in [0.29, 0.717) is 6.04 Å². The minimum absolute atomic E-state index is 0.271. The first-order chi connectivity index (χ1) is 14.5. The van der Waals surface area contributed by atoms with Crippen LogP contribution in [-0.2, 0) is 0 Å². The van der Waals surface area contributed by atoms with Crippen LogP contribution in [0.5, 0.6) is 5.75 Å². The summed E-state index contributed by atoms with van der Waals surface area (Å²) in [5.74, 6) is 0.840. The molecule has 156 valence electrons. The summed E-state index contributed by atoms with van der Waals surface area (Å²) in [6, 6.07) is 15.0. The first-order valence-corrected chi connectivity index (χ1v) is 10.7. The first-order valence-electron chi connectivity index (χ1n) is 10.3. The minimum atomic E-state index is 0.271. The van der Waals surface area contributed by atoms with Crippen LogP contribution in [0.25, 0.3) is 22.2 Å². The minimum Gasteiger partial charge on any atom is -0.497 e. The summed E-state index contributed by atoms with van der Waals surface area (Å²) in [5.41, 5.74) is 11.4. The maximum atomic E-state index is 5.71. The monoisotopic (exact) mass is 420 g/mol. The summed E-state index contributed by atoms with van der Waals surface area (Å²) in [6.07, 6.45) is 5.63. The molecule has 0 radical (unpaired) electrons. The van der Waals surface area contributed by atoms with E-state index in [1.165, 1.54) is 16.5 Å². The number of nitrogens with zero attached hydrogens (tertiary/aromatic N) is 2. The van der Waals surface area contributed by atoms with E-state index in [1.807, 2.05) is 18.2 Å². The summed E-state index contributed by atoms with van der Waals surface area (Å²) in [4.78, 5) is 2.49. The number of aromatic nitrogens is 1. The maximum Gasteiger partial charge on any atom is 0.168 e. The van der Waals surface area contributed by atoms with Gasteiger partial charge in [-0.2, -0.15) is 0 Å². The number of hydrogen-bond donors (Lipinski definition) is 2. The molecular weight excluding hydrogens is 392 g/mol. The van der Waals surface area contributed by atoms with Gasteiger partial charge in [0.25, 0.3) is 0 Å². The quantitative estimate of drug-likeness (QED) is 0.581. The fraction of sp³-hybridized carbons (Fsp3) is 0.292. The summed E-state index contributed by atoms with van der Waals surface area (Å²) in [5, 5.41) is 4.52. The molecule has 0 unspecified atom stereocenters. The Bertz CT molecular complexity index is 1120. The highest BCUT2D eigenvalue weighted by Gasteiger charge is 2.19. The second kappa shape index (κ2) is 8.50. The van der Waals surface area contributed by atoms with E-state index in [9.17, 15) is 0 Å². The Hall–Kier alpha value is -2.83. The van der Waals surface area contributed by atoms with Crippen molar-refractivity contribution in [3.8, 4) is 11.4 Å².